The van der Waals surface area contributed by atoms with E-state index in [1.807, 2.05) is 12.1 Å². The van der Waals surface area contributed by atoms with Crippen molar-refractivity contribution in [2.45, 2.75) is 0 Å². The van der Waals surface area contributed by atoms with Crippen LogP contribution in [0.15, 0.2) is 30.5 Å². The summed E-state index contributed by atoms with van der Waals surface area (Å²) in [5.41, 5.74) is 0.802. The van der Waals surface area contributed by atoms with Crippen molar-refractivity contribution in [1.29, 1.82) is 0 Å². The first-order chi connectivity index (χ1) is 12.2. The highest BCUT2D eigenvalue weighted by Crippen LogP contribution is 2.28. The number of halogens is 1. The molecule has 1 aliphatic heterocycles. The molecule has 3 rings (SSSR count). The number of nitrogens with one attached hydrogen (secondary N) is 2. The Morgan fingerprint density at radius 3 is 2.88 bits per heavy atom. The van der Waals surface area contributed by atoms with Crippen molar-refractivity contribution in [3.8, 4) is 5.75 Å². The SMILES string of the molecule is COc1ccc(Nc2nccc(NCCN3CCOCC3)n2)cc1Cl. The smallest absolute Gasteiger partial charge is 0.229 e. The topological polar surface area (TPSA) is 71.5 Å². The number of anilines is 3. The Kier molecular flexibility index (Phi) is 6.27. The van der Waals surface area contributed by atoms with E-state index in [-0.39, 0.29) is 0 Å². The Morgan fingerprint density at radius 1 is 1.28 bits per heavy atom. The molecule has 2 heterocycles. The Bertz CT molecular complexity index is 694. The number of morpholine rings is 1. The van der Waals surface area contributed by atoms with Crippen LogP contribution in [0.5, 0.6) is 5.75 Å². The van der Waals surface area contributed by atoms with Gasteiger partial charge in [-0.3, -0.25) is 4.90 Å². The lowest BCUT2D eigenvalue weighted by Crippen LogP contribution is -2.39. The summed E-state index contributed by atoms with van der Waals surface area (Å²) >= 11 is 6.14. The van der Waals surface area contributed by atoms with Gasteiger partial charge in [-0.1, -0.05) is 11.6 Å². The van der Waals surface area contributed by atoms with Gasteiger partial charge in [0.2, 0.25) is 5.95 Å². The van der Waals surface area contributed by atoms with Gasteiger partial charge in [-0.15, -0.1) is 0 Å². The lowest BCUT2D eigenvalue weighted by atomic mass is 10.3. The fraction of sp³-hybridized carbons (Fsp3) is 0.412. The van der Waals surface area contributed by atoms with E-state index in [0.29, 0.717) is 16.7 Å². The van der Waals surface area contributed by atoms with E-state index in [9.17, 15) is 0 Å². The molecule has 1 saturated heterocycles. The predicted octanol–water partition coefficient (Wildman–Crippen LogP) is 2.63. The molecule has 1 fully saturated rings. The highest BCUT2D eigenvalue weighted by molar-refractivity contribution is 6.32. The molecule has 0 aliphatic carbocycles. The molecule has 2 aromatic rings. The van der Waals surface area contributed by atoms with E-state index in [2.05, 4.69) is 25.5 Å². The van der Waals surface area contributed by atoms with Crippen molar-refractivity contribution in [3.63, 3.8) is 0 Å². The maximum absolute atomic E-state index is 6.14. The lowest BCUT2D eigenvalue weighted by molar-refractivity contribution is 0.0398. The van der Waals surface area contributed by atoms with Gasteiger partial charge in [0.1, 0.15) is 11.6 Å². The van der Waals surface area contributed by atoms with Crippen molar-refractivity contribution in [2.75, 3.05) is 57.1 Å². The molecule has 134 valence electrons. The van der Waals surface area contributed by atoms with Crippen molar-refractivity contribution in [1.82, 2.24) is 14.9 Å². The van der Waals surface area contributed by atoms with Gasteiger partial charge in [-0.05, 0) is 24.3 Å². The molecule has 1 aromatic heterocycles. The average Bonchev–Trinajstić information content (AvgIpc) is 2.63. The molecular weight excluding hydrogens is 342 g/mol. The summed E-state index contributed by atoms with van der Waals surface area (Å²) in [4.78, 5) is 11.1. The highest BCUT2D eigenvalue weighted by Gasteiger charge is 2.09. The molecule has 7 nitrogen and oxygen atoms in total. The fourth-order valence-corrected chi connectivity index (χ4v) is 2.82. The number of benzene rings is 1. The van der Waals surface area contributed by atoms with Crippen molar-refractivity contribution in [3.05, 3.63) is 35.5 Å². The maximum atomic E-state index is 6.14. The van der Waals surface area contributed by atoms with Gasteiger partial charge in [0.05, 0.1) is 25.3 Å². The van der Waals surface area contributed by atoms with E-state index in [4.69, 9.17) is 21.1 Å². The van der Waals surface area contributed by atoms with Crippen LogP contribution in [-0.2, 0) is 4.74 Å². The number of nitrogens with zero attached hydrogens (tertiary/aromatic N) is 3. The minimum absolute atomic E-state index is 0.512. The van der Waals surface area contributed by atoms with Crippen molar-refractivity contribution < 1.29 is 9.47 Å². The molecular formula is C17H22ClN5O2. The van der Waals surface area contributed by atoms with Gasteiger partial charge in [-0.25, -0.2) is 4.98 Å². The van der Waals surface area contributed by atoms with Gasteiger partial charge in [0.25, 0.3) is 0 Å². The third-order valence-electron chi connectivity index (χ3n) is 3.90. The van der Waals surface area contributed by atoms with Crippen LogP contribution in [0.1, 0.15) is 0 Å². The number of aromatic nitrogens is 2. The predicted molar refractivity (Wildman–Crippen MR) is 99.1 cm³/mol. The standard InChI is InChI=1S/C17H22ClN5O2/c1-24-15-3-2-13(12-14(15)18)21-17-20-5-4-16(22-17)19-6-7-23-8-10-25-11-9-23/h2-5,12H,6-11H2,1H3,(H2,19,20,21,22). The van der Waals surface area contributed by atoms with Crippen LogP contribution in [0.3, 0.4) is 0 Å². The van der Waals surface area contributed by atoms with Gasteiger partial charge in [0.15, 0.2) is 0 Å². The Labute approximate surface area is 152 Å². The molecule has 0 bridgehead atoms. The number of hydrogen-bond donors (Lipinski definition) is 2. The summed E-state index contributed by atoms with van der Waals surface area (Å²) in [7, 11) is 1.59. The van der Waals surface area contributed by atoms with Crippen molar-refractivity contribution in [2.24, 2.45) is 0 Å². The number of ether oxygens (including phenoxy) is 2. The zero-order valence-electron chi connectivity index (χ0n) is 14.2. The van der Waals surface area contributed by atoms with Gasteiger partial charge in [-0.2, -0.15) is 4.98 Å². The monoisotopic (exact) mass is 363 g/mol. The molecule has 1 aromatic carbocycles. The van der Waals surface area contributed by atoms with Gasteiger partial charge in [0, 0.05) is 38.1 Å². The molecule has 0 saturated carbocycles. The maximum Gasteiger partial charge on any atom is 0.229 e. The van der Waals surface area contributed by atoms with Crippen LogP contribution in [0.2, 0.25) is 5.02 Å². The summed E-state index contributed by atoms with van der Waals surface area (Å²) in [5, 5.41) is 7.01. The number of hydrogen-bond acceptors (Lipinski definition) is 7. The molecule has 1 aliphatic rings. The summed E-state index contributed by atoms with van der Waals surface area (Å²) in [6.07, 6.45) is 1.72. The van der Waals surface area contributed by atoms with Crippen LogP contribution >= 0.6 is 11.6 Å². The van der Waals surface area contributed by atoms with E-state index in [1.165, 1.54) is 0 Å². The minimum atomic E-state index is 0.512. The fourth-order valence-electron chi connectivity index (χ4n) is 2.56. The molecule has 0 radical (unpaired) electrons. The molecule has 0 atom stereocenters. The first kappa shape index (κ1) is 17.7. The summed E-state index contributed by atoms with van der Waals surface area (Å²) in [6, 6.07) is 7.30. The largest absolute Gasteiger partial charge is 0.495 e. The minimum Gasteiger partial charge on any atom is -0.495 e. The van der Waals surface area contributed by atoms with Crippen LogP contribution in [0, 0.1) is 0 Å². The number of rotatable bonds is 7. The highest BCUT2D eigenvalue weighted by atomic mass is 35.5. The Morgan fingerprint density at radius 2 is 2.12 bits per heavy atom. The van der Waals surface area contributed by atoms with Gasteiger partial charge >= 0.3 is 0 Å². The molecule has 0 unspecified atom stereocenters. The normalized spacial score (nSPS) is 15.0. The third kappa shape index (κ3) is 5.19. The summed E-state index contributed by atoms with van der Waals surface area (Å²) < 4.78 is 10.5. The Hall–Kier alpha value is -2.09. The summed E-state index contributed by atoms with van der Waals surface area (Å²) in [5.74, 6) is 1.93. The lowest BCUT2D eigenvalue weighted by Gasteiger charge is -2.26. The first-order valence-electron chi connectivity index (χ1n) is 8.22. The molecule has 25 heavy (non-hydrogen) atoms. The van der Waals surface area contributed by atoms with E-state index >= 15 is 0 Å². The van der Waals surface area contributed by atoms with Crippen LogP contribution in [-0.4, -0.2) is 61.4 Å². The van der Waals surface area contributed by atoms with Crippen LogP contribution in [0.4, 0.5) is 17.5 Å². The molecule has 0 spiro atoms. The zero-order valence-corrected chi connectivity index (χ0v) is 14.9. The van der Waals surface area contributed by atoms with E-state index in [0.717, 1.165) is 50.9 Å². The Balaban J connectivity index is 1.54. The molecule has 2 N–H and O–H groups in total. The first-order valence-corrected chi connectivity index (χ1v) is 8.60. The van der Waals surface area contributed by atoms with Crippen LogP contribution in [0.25, 0.3) is 0 Å². The quantitative estimate of drug-likeness (QED) is 0.783. The van der Waals surface area contributed by atoms with E-state index in [1.54, 1.807) is 25.4 Å². The second-order valence-corrected chi connectivity index (χ2v) is 6.03. The second kappa shape index (κ2) is 8.84. The summed E-state index contributed by atoms with van der Waals surface area (Å²) in [6.45, 7) is 5.37. The van der Waals surface area contributed by atoms with Gasteiger partial charge < -0.3 is 20.1 Å². The third-order valence-corrected chi connectivity index (χ3v) is 4.20. The van der Waals surface area contributed by atoms with Crippen molar-refractivity contribution >= 4 is 29.1 Å². The number of methoxy groups -OCH3 is 1. The molecule has 8 heteroatoms. The average molecular weight is 364 g/mol. The van der Waals surface area contributed by atoms with E-state index < -0.39 is 0 Å². The van der Waals surface area contributed by atoms with Crippen LogP contribution < -0.4 is 15.4 Å². The zero-order chi connectivity index (χ0) is 17.5. The molecule has 0 amide bonds. The second-order valence-electron chi connectivity index (χ2n) is 5.62.